The van der Waals surface area contributed by atoms with Gasteiger partial charge in [-0.25, -0.2) is 4.39 Å². The Morgan fingerprint density at radius 1 is 1.28 bits per heavy atom. The number of alkyl halides is 1. The van der Waals surface area contributed by atoms with Crippen molar-refractivity contribution in [1.82, 2.24) is 25.3 Å². The molecule has 1 aromatic carbocycles. The Bertz CT molecular complexity index is 1040. The van der Waals surface area contributed by atoms with Crippen LogP contribution in [-0.4, -0.2) is 56.4 Å². The molecule has 0 aliphatic carbocycles. The number of halogens is 1. The van der Waals surface area contributed by atoms with Crippen molar-refractivity contribution >= 4 is 16.5 Å². The minimum absolute atomic E-state index is 0.0577. The number of aromatic nitrogens is 4. The molecule has 0 amide bonds. The molecule has 2 aliphatic rings. The summed E-state index contributed by atoms with van der Waals surface area (Å²) in [6.07, 6.45) is 5.44. The van der Waals surface area contributed by atoms with Crippen molar-refractivity contribution in [3.8, 4) is 27.4 Å². The summed E-state index contributed by atoms with van der Waals surface area (Å²) in [5.74, 6) is 0.139. The van der Waals surface area contributed by atoms with Crippen LogP contribution in [0.4, 0.5) is 9.52 Å². The molecule has 2 saturated heterocycles. The molecular weight excluding hydrogens is 391 g/mol. The van der Waals surface area contributed by atoms with Crippen LogP contribution in [-0.2, 0) is 7.05 Å². The van der Waals surface area contributed by atoms with Gasteiger partial charge in [0.25, 0.3) is 0 Å². The van der Waals surface area contributed by atoms with Crippen LogP contribution >= 0.6 is 11.3 Å². The zero-order valence-electron chi connectivity index (χ0n) is 16.3. The number of hydrogen-bond acceptors (Lipinski definition) is 7. The lowest BCUT2D eigenvalue weighted by Crippen LogP contribution is -2.55. The Balaban J connectivity index is 1.38. The summed E-state index contributed by atoms with van der Waals surface area (Å²) in [6, 6.07) is 5.60. The Hall–Kier alpha value is -2.52. The van der Waals surface area contributed by atoms with E-state index in [1.54, 1.807) is 16.9 Å². The van der Waals surface area contributed by atoms with Gasteiger partial charge >= 0.3 is 0 Å². The standard InChI is InChI=1S/C20H23FN6OS/c1-26-10-12(9-22-26)11-3-5-14(17(28)7-11)19-24-25-20(29-19)27(2)16-8-13-4-6-15(23-13)18(16)21/h3,5,7,9-10,13,15-16,18,23,28H,4,6,8H2,1-2H3/t13?,15?,16-,18+/m1/s1. The zero-order chi connectivity index (χ0) is 20.1. The molecule has 5 rings (SSSR count). The molecule has 0 radical (unpaired) electrons. The van der Waals surface area contributed by atoms with Crippen LogP contribution < -0.4 is 10.2 Å². The van der Waals surface area contributed by atoms with Crippen molar-refractivity contribution in [2.24, 2.45) is 7.05 Å². The van der Waals surface area contributed by atoms with Crippen molar-refractivity contribution in [2.75, 3.05) is 11.9 Å². The number of rotatable bonds is 4. The number of hydrogen-bond donors (Lipinski definition) is 2. The van der Waals surface area contributed by atoms with Gasteiger partial charge in [0.15, 0.2) is 5.01 Å². The highest BCUT2D eigenvalue weighted by molar-refractivity contribution is 7.18. The lowest BCUT2D eigenvalue weighted by molar-refractivity contribution is 0.176. The lowest BCUT2D eigenvalue weighted by Gasteiger charge is -2.38. The molecule has 2 aromatic heterocycles. The number of phenolic OH excluding ortho intramolecular Hbond substituents is 1. The van der Waals surface area contributed by atoms with E-state index >= 15 is 0 Å². The Kier molecular flexibility index (Phi) is 4.51. The van der Waals surface area contributed by atoms with Gasteiger partial charge in [-0.3, -0.25) is 4.68 Å². The number of aryl methyl sites for hydroxylation is 1. The quantitative estimate of drug-likeness (QED) is 0.683. The third-order valence-electron chi connectivity index (χ3n) is 6.03. The smallest absolute Gasteiger partial charge is 0.208 e. The molecule has 2 bridgehead atoms. The van der Waals surface area contributed by atoms with Crippen LogP contribution in [0.1, 0.15) is 19.3 Å². The van der Waals surface area contributed by atoms with Crippen LogP contribution in [0.25, 0.3) is 21.7 Å². The third kappa shape index (κ3) is 3.28. The number of fused-ring (bicyclic) bond motifs is 2. The second-order valence-corrected chi connectivity index (χ2v) is 8.89. The summed E-state index contributed by atoms with van der Waals surface area (Å²) >= 11 is 1.37. The molecule has 0 saturated carbocycles. The fourth-order valence-corrected chi connectivity index (χ4v) is 5.32. The molecular formula is C20H23FN6OS. The maximum atomic E-state index is 14.9. The van der Waals surface area contributed by atoms with Crippen molar-refractivity contribution in [1.29, 1.82) is 0 Å². The first-order valence-corrected chi connectivity index (χ1v) is 10.6. The summed E-state index contributed by atoms with van der Waals surface area (Å²) in [4.78, 5) is 1.92. The second-order valence-electron chi connectivity index (χ2n) is 7.93. The summed E-state index contributed by atoms with van der Waals surface area (Å²) in [5.41, 5.74) is 2.44. The first-order chi connectivity index (χ1) is 14.0. The fraction of sp³-hybridized carbons (Fsp3) is 0.450. The molecule has 29 heavy (non-hydrogen) atoms. The normalized spacial score (nSPS) is 26.0. The lowest BCUT2D eigenvalue weighted by atomic mass is 9.97. The average Bonchev–Trinajstić information content (AvgIpc) is 3.44. The highest BCUT2D eigenvalue weighted by Crippen LogP contribution is 2.39. The predicted molar refractivity (Wildman–Crippen MR) is 111 cm³/mol. The van der Waals surface area contributed by atoms with Gasteiger partial charge in [0.2, 0.25) is 5.13 Å². The van der Waals surface area contributed by atoms with Crippen LogP contribution in [0.3, 0.4) is 0 Å². The Labute approximate surface area is 172 Å². The molecule has 2 fully saturated rings. The number of phenols is 1. The number of anilines is 1. The largest absolute Gasteiger partial charge is 0.507 e. The maximum Gasteiger partial charge on any atom is 0.208 e. The summed E-state index contributed by atoms with van der Waals surface area (Å²) < 4.78 is 16.6. The van der Waals surface area contributed by atoms with Crippen LogP contribution in [0.2, 0.25) is 0 Å². The van der Waals surface area contributed by atoms with E-state index in [1.165, 1.54) is 11.3 Å². The molecule has 4 atom stereocenters. The minimum Gasteiger partial charge on any atom is -0.507 e. The number of nitrogens with one attached hydrogen (secondary N) is 1. The van der Waals surface area contributed by atoms with Crippen molar-refractivity contribution in [2.45, 2.75) is 43.6 Å². The molecule has 0 spiro atoms. The van der Waals surface area contributed by atoms with E-state index in [4.69, 9.17) is 0 Å². The second kappa shape index (κ2) is 7.07. The third-order valence-corrected chi connectivity index (χ3v) is 7.08. The first-order valence-electron chi connectivity index (χ1n) is 9.78. The van der Waals surface area contributed by atoms with Gasteiger partial charge in [0.1, 0.15) is 11.9 Å². The molecule has 7 nitrogen and oxygen atoms in total. The van der Waals surface area contributed by atoms with E-state index in [9.17, 15) is 9.50 Å². The van der Waals surface area contributed by atoms with Crippen molar-refractivity contribution in [3.05, 3.63) is 30.6 Å². The van der Waals surface area contributed by atoms with Crippen LogP contribution in [0.5, 0.6) is 5.75 Å². The van der Waals surface area contributed by atoms with E-state index in [0.29, 0.717) is 21.7 Å². The predicted octanol–water partition coefficient (Wildman–Crippen LogP) is 2.98. The van der Waals surface area contributed by atoms with E-state index in [-0.39, 0.29) is 17.8 Å². The molecule has 152 valence electrons. The minimum atomic E-state index is -0.918. The number of nitrogens with zero attached hydrogens (tertiary/aromatic N) is 5. The van der Waals surface area contributed by atoms with Gasteiger partial charge < -0.3 is 15.3 Å². The van der Waals surface area contributed by atoms with Gasteiger partial charge in [-0.05, 0) is 37.0 Å². The molecule has 4 heterocycles. The van der Waals surface area contributed by atoms with Gasteiger partial charge in [-0.15, -0.1) is 10.2 Å². The number of aromatic hydroxyl groups is 1. The Morgan fingerprint density at radius 3 is 2.90 bits per heavy atom. The van der Waals surface area contributed by atoms with E-state index in [1.807, 2.05) is 37.3 Å². The van der Waals surface area contributed by atoms with Gasteiger partial charge in [0, 0.05) is 37.9 Å². The van der Waals surface area contributed by atoms with Crippen molar-refractivity contribution < 1.29 is 9.50 Å². The fourth-order valence-electron chi connectivity index (χ4n) is 4.42. The van der Waals surface area contributed by atoms with Crippen LogP contribution in [0, 0.1) is 0 Å². The maximum absolute atomic E-state index is 14.9. The van der Waals surface area contributed by atoms with Gasteiger partial charge in [0.05, 0.1) is 17.8 Å². The highest BCUT2D eigenvalue weighted by Gasteiger charge is 2.44. The molecule has 3 aromatic rings. The van der Waals surface area contributed by atoms with Gasteiger partial charge in [-0.1, -0.05) is 17.4 Å². The topological polar surface area (TPSA) is 79.1 Å². The van der Waals surface area contributed by atoms with Gasteiger partial charge in [-0.2, -0.15) is 5.10 Å². The first kappa shape index (κ1) is 18.5. The molecule has 9 heteroatoms. The Morgan fingerprint density at radius 2 is 2.14 bits per heavy atom. The van der Waals surface area contributed by atoms with E-state index < -0.39 is 6.17 Å². The molecule has 2 aliphatic heterocycles. The van der Waals surface area contributed by atoms with Crippen molar-refractivity contribution in [3.63, 3.8) is 0 Å². The summed E-state index contributed by atoms with van der Waals surface area (Å²) in [7, 11) is 3.74. The summed E-state index contributed by atoms with van der Waals surface area (Å²) in [5, 5.41) is 27.9. The average molecular weight is 415 g/mol. The number of piperidine rings is 1. The van der Waals surface area contributed by atoms with E-state index in [0.717, 1.165) is 30.4 Å². The SMILES string of the molecule is CN(c1nnc(-c2ccc(-c3cnn(C)c3)cc2O)s1)[C@@H]1CC2CCC(N2)[C@@H]1F. The van der Waals surface area contributed by atoms with Crippen LogP contribution in [0.15, 0.2) is 30.6 Å². The van der Waals surface area contributed by atoms with E-state index in [2.05, 4.69) is 20.6 Å². The highest BCUT2D eigenvalue weighted by atomic mass is 32.1. The molecule has 2 N–H and O–H groups in total. The molecule has 2 unspecified atom stereocenters. The monoisotopic (exact) mass is 414 g/mol. The summed E-state index contributed by atoms with van der Waals surface area (Å²) in [6.45, 7) is 0. The number of benzene rings is 1. The zero-order valence-corrected chi connectivity index (χ0v) is 17.1.